The van der Waals surface area contributed by atoms with Crippen LogP contribution in [0.25, 0.3) is 11.3 Å². The Kier molecular flexibility index (Phi) is 4.53. The molecular formula is C16H11ClN4O3. The second kappa shape index (κ2) is 6.93. The number of nitrogens with zero attached hydrogens (tertiary/aromatic N) is 3. The number of nitrogens with one attached hydrogen (secondary N) is 1. The zero-order chi connectivity index (χ0) is 16.9. The number of rotatable bonds is 4. The molecule has 0 radical (unpaired) electrons. The molecule has 0 fully saturated rings. The maximum atomic E-state index is 10.7. The predicted molar refractivity (Wildman–Crippen MR) is 88.4 cm³/mol. The van der Waals surface area contributed by atoms with Crippen molar-refractivity contribution in [3.63, 3.8) is 0 Å². The number of hydrogen-bond acceptors (Lipinski definition) is 5. The van der Waals surface area contributed by atoms with E-state index in [4.69, 9.17) is 21.4 Å². The molecule has 0 unspecified atom stereocenters. The lowest BCUT2D eigenvalue weighted by atomic mass is 10.2. The molecule has 7 nitrogen and oxygen atoms in total. The van der Waals surface area contributed by atoms with Crippen LogP contribution in [0, 0.1) is 0 Å². The number of pyridine rings is 1. The summed E-state index contributed by atoms with van der Waals surface area (Å²) in [5.41, 5.74) is 1.43. The van der Waals surface area contributed by atoms with Crippen molar-refractivity contribution in [3.8, 4) is 22.9 Å². The third-order valence-electron chi connectivity index (χ3n) is 2.92. The Bertz CT molecular complexity index is 888. The molecule has 8 heteroatoms. The topological polar surface area (TPSA) is 97.2 Å². The zero-order valence-corrected chi connectivity index (χ0v) is 12.9. The van der Waals surface area contributed by atoms with Crippen LogP contribution in [-0.4, -0.2) is 26.2 Å². The number of ether oxygens (including phenoxy) is 1. The number of amides is 1. The average molecular weight is 343 g/mol. The second-order valence-corrected chi connectivity index (χ2v) is 5.13. The summed E-state index contributed by atoms with van der Waals surface area (Å²) in [5, 5.41) is 11.5. The molecule has 0 saturated carbocycles. The van der Waals surface area contributed by atoms with Crippen molar-refractivity contribution in [2.75, 3.05) is 5.32 Å². The number of benzene rings is 1. The minimum atomic E-state index is -1.17. The second-order valence-electron chi connectivity index (χ2n) is 4.69. The highest BCUT2D eigenvalue weighted by atomic mass is 35.5. The van der Waals surface area contributed by atoms with Crippen LogP contribution in [0.15, 0.2) is 55.1 Å². The third kappa shape index (κ3) is 3.96. The van der Waals surface area contributed by atoms with Gasteiger partial charge in [0.2, 0.25) is 5.88 Å². The Morgan fingerprint density at radius 3 is 2.75 bits per heavy atom. The van der Waals surface area contributed by atoms with E-state index in [0.29, 0.717) is 27.7 Å². The summed E-state index contributed by atoms with van der Waals surface area (Å²) < 4.78 is 5.63. The van der Waals surface area contributed by atoms with Gasteiger partial charge in [-0.3, -0.25) is 15.3 Å². The van der Waals surface area contributed by atoms with Crippen LogP contribution < -0.4 is 10.1 Å². The molecule has 120 valence electrons. The normalized spacial score (nSPS) is 10.2. The summed E-state index contributed by atoms with van der Waals surface area (Å²) in [4.78, 5) is 23.1. The van der Waals surface area contributed by atoms with Crippen LogP contribution in [-0.2, 0) is 0 Å². The van der Waals surface area contributed by atoms with Crippen LogP contribution in [0.4, 0.5) is 10.5 Å². The van der Waals surface area contributed by atoms with E-state index < -0.39 is 6.09 Å². The van der Waals surface area contributed by atoms with Crippen LogP contribution >= 0.6 is 11.6 Å². The molecule has 0 aliphatic carbocycles. The third-order valence-corrected chi connectivity index (χ3v) is 3.15. The molecule has 1 amide bonds. The molecule has 2 N–H and O–H groups in total. The van der Waals surface area contributed by atoms with Gasteiger partial charge in [0.05, 0.1) is 30.0 Å². The van der Waals surface area contributed by atoms with Gasteiger partial charge < -0.3 is 9.84 Å². The lowest BCUT2D eigenvalue weighted by molar-refractivity contribution is 0.209. The number of aromatic nitrogens is 3. The van der Waals surface area contributed by atoms with Crippen molar-refractivity contribution in [1.29, 1.82) is 0 Å². The first-order valence-electron chi connectivity index (χ1n) is 6.81. The van der Waals surface area contributed by atoms with Crippen LogP contribution in [0.5, 0.6) is 11.6 Å². The lowest BCUT2D eigenvalue weighted by Crippen LogP contribution is -2.07. The van der Waals surface area contributed by atoms with Gasteiger partial charge in [-0.15, -0.1) is 0 Å². The molecule has 0 saturated heterocycles. The van der Waals surface area contributed by atoms with Crippen LogP contribution in [0.2, 0.25) is 5.02 Å². The molecular weight excluding hydrogens is 332 g/mol. The van der Waals surface area contributed by atoms with E-state index in [1.807, 2.05) is 0 Å². The van der Waals surface area contributed by atoms with Crippen molar-refractivity contribution < 1.29 is 14.6 Å². The van der Waals surface area contributed by atoms with E-state index >= 15 is 0 Å². The van der Waals surface area contributed by atoms with Crippen molar-refractivity contribution in [3.05, 3.63) is 60.1 Å². The standard InChI is InChI=1S/C16H11ClN4O3/c17-11-2-1-3-13(5-11)24-15-9-19-8-14(21-15)10-4-12(7-18-6-10)20-16(22)23/h1-9,20H,(H,22,23). The molecule has 0 spiro atoms. The molecule has 0 bridgehead atoms. The van der Waals surface area contributed by atoms with Crippen molar-refractivity contribution >= 4 is 23.4 Å². The molecule has 1 aromatic carbocycles. The Balaban J connectivity index is 1.86. The van der Waals surface area contributed by atoms with Crippen molar-refractivity contribution in [1.82, 2.24) is 15.0 Å². The van der Waals surface area contributed by atoms with Gasteiger partial charge in [-0.25, -0.2) is 9.78 Å². The van der Waals surface area contributed by atoms with Gasteiger partial charge in [0.15, 0.2) is 0 Å². The van der Waals surface area contributed by atoms with E-state index in [-0.39, 0.29) is 5.88 Å². The number of carboxylic acid groups (broad SMARTS) is 1. The maximum absolute atomic E-state index is 10.7. The van der Waals surface area contributed by atoms with Gasteiger partial charge >= 0.3 is 6.09 Å². The van der Waals surface area contributed by atoms with E-state index in [1.54, 1.807) is 36.5 Å². The summed E-state index contributed by atoms with van der Waals surface area (Å²) in [5.74, 6) is 0.819. The minimum Gasteiger partial charge on any atom is -0.465 e. The molecule has 0 atom stereocenters. The minimum absolute atomic E-state index is 0.284. The molecule has 3 rings (SSSR count). The van der Waals surface area contributed by atoms with Gasteiger partial charge in [0.1, 0.15) is 5.75 Å². The smallest absolute Gasteiger partial charge is 0.409 e. The predicted octanol–water partition coefficient (Wildman–Crippen LogP) is 4.07. The van der Waals surface area contributed by atoms with Gasteiger partial charge in [-0.2, -0.15) is 0 Å². The van der Waals surface area contributed by atoms with E-state index in [9.17, 15) is 4.79 Å². The Morgan fingerprint density at radius 2 is 1.96 bits per heavy atom. The van der Waals surface area contributed by atoms with Crippen molar-refractivity contribution in [2.24, 2.45) is 0 Å². The first kappa shape index (κ1) is 15.7. The summed E-state index contributed by atoms with van der Waals surface area (Å²) in [6.07, 6.45) is 4.79. The molecule has 2 heterocycles. The largest absolute Gasteiger partial charge is 0.465 e. The highest BCUT2D eigenvalue weighted by Crippen LogP contribution is 2.25. The zero-order valence-electron chi connectivity index (χ0n) is 12.2. The summed E-state index contributed by atoms with van der Waals surface area (Å²) in [6.45, 7) is 0. The maximum Gasteiger partial charge on any atom is 0.409 e. The summed E-state index contributed by atoms with van der Waals surface area (Å²) in [6, 6.07) is 8.52. The van der Waals surface area contributed by atoms with Crippen LogP contribution in [0.1, 0.15) is 0 Å². The molecule has 3 aromatic rings. The van der Waals surface area contributed by atoms with E-state index in [2.05, 4.69) is 20.3 Å². The first-order valence-corrected chi connectivity index (χ1v) is 7.19. The number of anilines is 1. The summed E-state index contributed by atoms with van der Waals surface area (Å²) >= 11 is 5.92. The molecule has 24 heavy (non-hydrogen) atoms. The Labute approximate surface area is 141 Å². The molecule has 0 aliphatic heterocycles. The number of hydrogen-bond donors (Lipinski definition) is 2. The number of carbonyl (C=O) groups is 1. The van der Waals surface area contributed by atoms with Gasteiger partial charge in [-0.1, -0.05) is 17.7 Å². The fourth-order valence-corrected chi connectivity index (χ4v) is 2.14. The molecule has 0 aliphatic rings. The van der Waals surface area contributed by atoms with E-state index in [0.717, 1.165) is 0 Å². The average Bonchev–Trinajstić information content (AvgIpc) is 2.55. The number of halogens is 1. The highest BCUT2D eigenvalue weighted by molar-refractivity contribution is 6.30. The Hall–Kier alpha value is -3.19. The Morgan fingerprint density at radius 1 is 1.12 bits per heavy atom. The summed E-state index contributed by atoms with van der Waals surface area (Å²) in [7, 11) is 0. The highest BCUT2D eigenvalue weighted by Gasteiger charge is 2.07. The van der Waals surface area contributed by atoms with Crippen molar-refractivity contribution in [2.45, 2.75) is 0 Å². The first-order chi connectivity index (χ1) is 11.6. The lowest BCUT2D eigenvalue weighted by Gasteiger charge is -2.07. The quantitative estimate of drug-likeness (QED) is 0.741. The fourth-order valence-electron chi connectivity index (χ4n) is 1.96. The fraction of sp³-hybridized carbons (Fsp3) is 0. The SMILES string of the molecule is O=C(O)Nc1cncc(-c2cncc(Oc3cccc(Cl)c3)n2)c1. The van der Waals surface area contributed by atoms with Gasteiger partial charge in [0, 0.05) is 16.8 Å². The van der Waals surface area contributed by atoms with Crippen LogP contribution in [0.3, 0.4) is 0 Å². The monoisotopic (exact) mass is 342 g/mol. The van der Waals surface area contributed by atoms with Gasteiger partial charge in [0.25, 0.3) is 0 Å². The van der Waals surface area contributed by atoms with E-state index in [1.165, 1.54) is 18.6 Å². The molecule has 2 aromatic heterocycles. The van der Waals surface area contributed by atoms with Gasteiger partial charge in [-0.05, 0) is 24.3 Å².